The Balaban J connectivity index is 1.48. The standard InChI is InChI=1S/C24H29N3O6S/c1-15-11-19-21(33-16(2)23(28)26-19)12-22(15)34(30,31)27-10-6-8-18(14-27)24(29)25-13-17-7-4-5-9-20(17)32-3/h4-5,7,9,11-12,16,18H,6,8,10,13-14H2,1-3H3,(H,25,29)(H,26,28)/t16-,18+/m1/s1. The molecule has 0 aliphatic carbocycles. The summed E-state index contributed by atoms with van der Waals surface area (Å²) in [7, 11) is -2.28. The predicted octanol–water partition coefficient (Wildman–Crippen LogP) is 2.44. The zero-order chi connectivity index (χ0) is 24.5. The number of carbonyl (C=O) groups excluding carboxylic acids is 2. The number of hydrogen-bond donors (Lipinski definition) is 2. The van der Waals surface area contributed by atoms with Gasteiger partial charge in [0.25, 0.3) is 5.91 Å². The van der Waals surface area contributed by atoms with Gasteiger partial charge in [-0.25, -0.2) is 8.42 Å². The van der Waals surface area contributed by atoms with E-state index < -0.39 is 22.0 Å². The Morgan fingerprint density at radius 3 is 2.82 bits per heavy atom. The van der Waals surface area contributed by atoms with Gasteiger partial charge >= 0.3 is 0 Å². The number of benzene rings is 2. The Hall–Kier alpha value is -3.11. The molecule has 2 heterocycles. The predicted molar refractivity (Wildman–Crippen MR) is 126 cm³/mol. The number of piperidine rings is 1. The molecule has 2 aromatic rings. The molecule has 9 nitrogen and oxygen atoms in total. The van der Waals surface area contributed by atoms with Gasteiger partial charge in [-0.3, -0.25) is 9.59 Å². The van der Waals surface area contributed by atoms with Gasteiger partial charge in [-0.15, -0.1) is 0 Å². The van der Waals surface area contributed by atoms with Gasteiger partial charge in [0.15, 0.2) is 6.10 Å². The highest BCUT2D eigenvalue weighted by atomic mass is 32.2. The molecule has 34 heavy (non-hydrogen) atoms. The minimum Gasteiger partial charge on any atom is -0.496 e. The normalized spacial score (nSPS) is 20.6. The van der Waals surface area contributed by atoms with Crippen LogP contribution >= 0.6 is 0 Å². The van der Waals surface area contributed by atoms with Crippen LogP contribution in [0.15, 0.2) is 41.3 Å². The summed E-state index contributed by atoms with van der Waals surface area (Å²) >= 11 is 0. The Kier molecular flexibility index (Phi) is 6.81. The summed E-state index contributed by atoms with van der Waals surface area (Å²) in [5.74, 6) is 0.0886. The zero-order valence-corrected chi connectivity index (χ0v) is 20.3. The Morgan fingerprint density at radius 2 is 2.06 bits per heavy atom. The molecule has 2 atom stereocenters. The van der Waals surface area contributed by atoms with Crippen LogP contribution in [0.3, 0.4) is 0 Å². The van der Waals surface area contributed by atoms with Crippen molar-refractivity contribution in [3.05, 3.63) is 47.5 Å². The van der Waals surface area contributed by atoms with E-state index in [0.717, 1.165) is 5.56 Å². The number of hydrogen-bond acceptors (Lipinski definition) is 6. The van der Waals surface area contributed by atoms with E-state index in [4.69, 9.17) is 9.47 Å². The number of methoxy groups -OCH3 is 1. The molecule has 2 amide bonds. The molecule has 0 unspecified atom stereocenters. The van der Waals surface area contributed by atoms with E-state index in [-0.39, 0.29) is 23.3 Å². The average Bonchev–Trinajstić information content (AvgIpc) is 2.83. The van der Waals surface area contributed by atoms with Crippen LogP contribution in [0.2, 0.25) is 0 Å². The fraction of sp³-hybridized carbons (Fsp3) is 0.417. The smallest absolute Gasteiger partial charge is 0.265 e. The van der Waals surface area contributed by atoms with Gasteiger partial charge in [0.2, 0.25) is 15.9 Å². The van der Waals surface area contributed by atoms with Crippen molar-refractivity contribution in [2.45, 2.75) is 44.2 Å². The fourth-order valence-electron chi connectivity index (χ4n) is 4.31. The fourth-order valence-corrected chi connectivity index (χ4v) is 6.06. The van der Waals surface area contributed by atoms with Crippen LogP contribution < -0.4 is 20.1 Å². The number of ether oxygens (including phenoxy) is 2. The molecular formula is C24H29N3O6S. The summed E-state index contributed by atoms with van der Waals surface area (Å²) in [5, 5.41) is 5.65. The number of fused-ring (bicyclic) bond motifs is 1. The van der Waals surface area contributed by atoms with Crippen molar-refractivity contribution in [3.63, 3.8) is 0 Å². The van der Waals surface area contributed by atoms with Crippen LogP contribution in [0.25, 0.3) is 0 Å². The second kappa shape index (κ2) is 9.63. The summed E-state index contributed by atoms with van der Waals surface area (Å²) in [6, 6.07) is 10.5. The molecule has 182 valence electrons. The number of anilines is 1. The Morgan fingerprint density at radius 1 is 1.29 bits per heavy atom. The third-order valence-electron chi connectivity index (χ3n) is 6.23. The highest BCUT2D eigenvalue weighted by Gasteiger charge is 2.35. The molecule has 0 aromatic heterocycles. The van der Waals surface area contributed by atoms with Crippen molar-refractivity contribution in [1.82, 2.24) is 9.62 Å². The van der Waals surface area contributed by atoms with Gasteiger partial charge in [0, 0.05) is 31.3 Å². The molecule has 0 spiro atoms. The minimum absolute atomic E-state index is 0.102. The third kappa shape index (κ3) is 4.74. The lowest BCUT2D eigenvalue weighted by Crippen LogP contribution is -2.45. The monoisotopic (exact) mass is 487 g/mol. The van der Waals surface area contributed by atoms with Gasteiger partial charge in [-0.05, 0) is 44.4 Å². The molecule has 0 radical (unpaired) electrons. The molecule has 0 saturated carbocycles. The van der Waals surface area contributed by atoms with Crippen molar-refractivity contribution >= 4 is 27.5 Å². The minimum atomic E-state index is -3.86. The summed E-state index contributed by atoms with van der Waals surface area (Å²) in [6.45, 7) is 4.02. The Bertz CT molecular complexity index is 1210. The molecular weight excluding hydrogens is 458 g/mol. The maximum atomic E-state index is 13.5. The zero-order valence-electron chi connectivity index (χ0n) is 19.5. The molecule has 2 aromatic carbocycles. The molecule has 0 bridgehead atoms. The van der Waals surface area contributed by atoms with Crippen LogP contribution in [-0.4, -0.2) is 50.8 Å². The number of amides is 2. The molecule has 2 aliphatic rings. The number of nitrogens with zero attached hydrogens (tertiary/aromatic N) is 1. The maximum Gasteiger partial charge on any atom is 0.265 e. The quantitative estimate of drug-likeness (QED) is 0.647. The van der Waals surface area contributed by atoms with Crippen molar-refractivity contribution in [2.75, 3.05) is 25.5 Å². The molecule has 10 heteroatoms. The van der Waals surface area contributed by atoms with E-state index in [2.05, 4.69) is 10.6 Å². The van der Waals surface area contributed by atoms with Crippen LogP contribution in [0.5, 0.6) is 11.5 Å². The lowest BCUT2D eigenvalue weighted by molar-refractivity contribution is -0.126. The van der Waals surface area contributed by atoms with E-state index in [1.807, 2.05) is 24.3 Å². The molecule has 2 N–H and O–H groups in total. The SMILES string of the molecule is COc1ccccc1CNC(=O)[C@H]1CCCN(S(=O)(=O)c2cc3c(cc2C)NC(=O)[C@@H](C)O3)C1. The van der Waals surface area contributed by atoms with Crippen molar-refractivity contribution in [2.24, 2.45) is 5.92 Å². The lowest BCUT2D eigenvalue weighted by Gasteiger charge is -2.32. The summed E-state index contributed by atoms with van der Waals surface area (Å²) in [4.78, 5) is 24.9. The first-order chi connectivity index (χ1) is 16.2. The topological polar surface area (TPSA) is 114 Å². The molecule has 2 aliphatic heterocycles. The third-order valence-corrected chi connectivity index (χ3v) is 8.23. The number of sulfonamides is 1. The van der Waals surface area contributed by atoms with Gasteiger partial charge in [0.1, 0.15) is 11.5 Å². The highest BCUT2D eigenvalue weighted by molar-refractivity contribution is 7.89. The van der Waals surface area contributed by atoms with Crippen molar-refractivity contribution in [3.8, 4) is 11.5 Å². The van der Waals surface area contributed by atoms with Gasteiger partial charge < -0.3 is 20.1 Å². The summed E-state index contributed by atoms with van der Waals surface area (Å²) in [6.07, 6.45) is 0.483. The number of aryl methyl sites for hydroxylation is 1. The van der Waals surface area contributed by atoms with Gasteiger partial charge in [-0.2, -0.15) is 4.31 Å². The van der Waals surface area contributed by atoms with Crippen LogP contribution in [0.1, 0.15) is 30.9 Å². The van der Waals surface area contributed by atoms with Crippen LogP contribution in [-0.2, 0) is 26.2 Å². The second-order valence-corrected chi connectivity index (χ2v) is 10.5. The number of rotatable bonds is 6. The average molecular weight is 488 g/mol. The van der Waals surface area contributed by atoms with Gasteiger partial charge in [0.05, 0.1) is 23.6 Å². The molecule has 1 saturated heterocycles. The van der Waals surface area contributed by atoms with Crippen LogP contribution in [0.4, 0.5) is 5.69 Å². The first-order valence-electron chi connectivity index (χ1n) is 11.2. The largest absolute Gasteiger partial charge is 0.496 e. The molecule has 1 fully saturated rings. The maximum absolute atomic E-state index is 13.5. The van der Waals surface area contributed by atoms with E-state index in [1.165, 1.54) is 10.4 Å². The van der Waals surface area contributed by atoms with E-state index in [1.54, 1.807) is 27.0 Å². The second-order valence-electron chi connectivity index (χ2n) is 8.60. The van der Waals surface area contributed by atoms with E-state index in [0.29, 0.717) is 48.7 Å². The number of nitrogens with one attached hydrogen (secondary N) is 2. The van der Waals surface area contributed by atoms with E-state index >= 15 is 0 Å². The van der Waals surface area contributed by atoms with Crippen molar-refractivity contribution < 1.29 is 27.5 Å². The first-order valence-corrected chi connectivity index (χ1v) is 12.7. The Labute approximate surface area is 199 Å². The molecule has 4 rings (SSSR count). The highest BCUT2D eigenvalue weighted by Crippen LogP contribution is 2.36. The van der Waals surface area contributed by atoms with E-state index in [9.17, 15) is 18.0 Å². The van der Waals surface area contributed by atoms with Gasteiger partial charge in [-0.1, -0.05) is 18.2 Å². The number of para-hydroxylation sites is 1. The summed E-state index contributed by atoms with van der Waals surface area (Å²) in [5.41, 5.74) is 1.80. The summed E-state index contributed by atoms with van der Waals surface area (Å²) < 4.78 is 39.3. The van der Waals surface area contributed by atoms with Crippen molar-refractivity contribution in [1.29, 1.82) is 0 Å². The first kappa shape index (κ1) is 24.0. The lowest BCUT2D eigenvalue weighted by atomic mass is 9.98. The number of carbonyl (C=O) groups is 2. The van der Waals surface area contributed by atoms with Crippen LogP contribution in [0, 0.1) is 12.8 Å².